The third-order valence-electron chi connectivity index (χ3n) is 6.96. The number of hydrogen-bond acceptors (Lipinski definition) is 5. The number of nitrogens with zero attached hydrogens (tertiary/aromatic N) is 3. The molecule has 3 aliphatic heterocycles. The summed E-state index contributed by atoms with van der Waals surface area (Å²) in [5, 5.41) is 0. The van der Waals surface area contributed by atoms with E-state index in [1.54, 1.807) is 6.07 Å². The predicted octanol–water partition coefficient (Wildman–Crippen LogP) is 4.13. The van der Waals surface area contributed by atoms with Gasteiger partial charge < -0.3 is 14.4 Å². The van der Waals surface area contributed by atoms with Crippen molar-refractivity contribution in [1.29, 1.82) is 0 Å². The average molecular weight is 462 g/mol. The maximum Gasteiger partial charge on any atom is 0.416 e. The minimum atomic E-state index is -4.30. The van der Waals surface area contributed by atoms with Crippen LogP contribution in [-0.2, 0) is 6.18 Å². The molecule has 3 aliphatic rings. The number of para-hydroxylation sites is 2. The van der Waals surface area contributed by atoms with E-state index in [0.29, 0.717) is 18.3 Å². The van der Waals surface area contributed by atoms with Crippen molar-refractivity contribution in [3.8, 4) is 11.5 Å². The number of hydrogen-bond donors (Lipinski definition) is 0. The largest absolute Gasteiger partial charge is 0.486 e. The van der Waals surface area contributed by atoms with Gasteiger partial charge in [0.25, 0.3) is 0 Å². The Morgan fingerprint density at radius 1 is 0.848 bits per heavy atom. The van der Waals surface area contributed by atoms with Gasteiger partial charge in [0.15, 0.2) is 11.5 Å². The molecule has 0 aliphatic carbocycles. The molecular weight excluding hydrogens is 431 g/mol. The van der Waals surface area contributed by atoms with Gasteiger partial charge in [0.2, 0.25) is 0 Å². The van der Waals surface area contributed by atoms with Crippen LogP contribution >= 0.6 is 0 Å². The first-order valence-electron chi connectivity index (χ1n) is 11.7. The Bertz CT molecular complexity index is 938. The molecule has 33 heavy (non-hydrogen) atoms. The number of benzene rings is 2. The molecule has 0 N–H and O–H groups in total. The minimum Gasteiger partial charge on any atom is -0.486 e. The van der Waals surface area contributed by atoms with Crippen molar-refractivity contribution in [3.05, 3.63) is 54.1 Å². The van der Waals surface area contributed by atoms with Crippen LogP contribution in [0.5, 0.6) is 11.5 Å². The van der Waals surface area contributed by atoms with E-state index in [-0.39, 0.29) is 6.10 Å². The lowest BCUT2D eigenvalue weighted by Crippen LogP contribution is -2.54. The second kappa shape index (κ2) is 9.43. The number of piperazine rings is 1. The molecular formula is C25H30F3N3O2. The first-order chi connectivity index (χ1) is 16.0. The zero-order valence-corrected chi connectivity index (χ0v) is 18.6. The Morgan fingerprint density at radius 3 is 2.30 bits per heavy atom. The zero-order valence-electron chi connectivity index (χ0n) is 18.6. The predicted molar refractivity (Wildman–Crippen MR) is 121 cm³/mol. The fourth-order valence-electron chi connectivity index (χ4n) is 5.13. The topological polar surface area (TPSA) is 28.2 Å². The Labute approximate surface area is 192 Å². The molecule has 5 nitrogen and oxygen atoms in total. The highest BCUT2D eigenvalue weighted by molar-refractivity contribution is 5.49. The normalized spacial score (nSPS) is 23.0. The number of likely N-dealkylation sites (tertiary alicyclic amines) is 1. The van der Waals surface area contributed by atoms with Crippen LogP contribution in [0.15, 0.2) is 48.5 Å². The van der Waals surface area contributed by atoms with E-state index in [2.05, 4.69) is 14.7 Å². The van der Waals surface area contributed by atoms with Crippen LogP contribution in [0.3, 0.4) is 0 Å². The monoisotopic (exact) mass is 461 g/mol. The van der Waals surface area contributed by atoms with Gasteiger partial charge >= 0.3 is 6.18 Å². The lowest BCUT2D eigenvalue weighted by atomic mass is 10.0. The van der Waals surface area contributed by atoms with Gasteiger partial charge in [-0.25, -0.2) is 0 Å². The SMILES string of the molecule is FC(F)(F)c1cccc(N2CCN(C3CCN(CC4COc5ccccc5O4)CC3)CC2)c1. The van der Waals surface area contributed by atoms with Crippen molar-refractivity contribution in [2.24, 2.45) is 0 Å². The molecule has 0 spiro atoms. The second-order valence-electron chi connectivity index (χ2n) is 9.10. The highest BCUT2D eigenvalue weighted by Gasteiger charge is 2.32. The van der Waals surface area contributed by atoms with E-state index in [4.69, 9.17) is 9.47 Å². The number of piperidine rings is 1. The molecule has 3 heterocycles. The van der Waals surface area contributed by atoms with Gasteiger partial charge in [0, 0.05) is 44.5 Å². The highest BCUT2D eigenvalue weighted by atomic mass is 19.4. The number of rotatable bonds is 4. The molecule has 2 aromatic rings. The molecule has 5 rings (SSSR count). The van der Waals surface area contributed by atoms with Crippen LogP contribution in [-0.4, -0.2) is 74.4 Å². The molecule has 0 amide bonds. The number of fused-ring (bicyclic) bond motifs is 1. The van der Waals surface area contributed by atoms with Crippen LogP contribution in [0.2, 0.25) is 0 Å². The summed E-state index contributed by atoms with van der Waals surface area (Å²) < 4.78 is 51.1. The van der Waals surface area contributed by atoms with Crippen LogP contribution < -0.4 is 14.4 Å². The number of alkyl halides is 3. The van der Waals surface area contributed by atoms with E-state index in [1.165, 1.54) is 12.1 Å². The standard InChI is InChI=1S/C25H30F3N3O2/c26-25(27,28)19-4-3-5-21(16-19)31-14-12-30(13-15-31)20-8-10-29(11-9-20)17-22-18-32-23-6-1-2-7-24(23)33-22/h1-7,16,20,22H,8-15,17-18H2. The van der Waals surface area contributed by atoms with Gasteiger partial charge in [-0.05, 0) is 56.3 Å². The maximum atomic E-state index is 13.0. The molecule has 1 atom stereocenters. The lowest BCUT2D eigenvalue weighted by Gasteiger charge is -2.44. The summed E-state index contributed by atoms with van der Waals surface area (Å²) in [5.41, 5.74) is 0.0844. The molecule has 0 aromatic heterocycles. The Kier molecular flexibility index (Phi) is 6.38. The molecule has 1 unspecified atom stereocenters. The highest BCUT2D eigenvalue weighted by Crippen LogP contribution is 2.33. The van der Waals surface area contributed by atoms with E-state index in [0.717, 1.165) is 76.2 Å². The van der Waals surface area contributed by atoms with Crippen molar-refractivity contribution in [2.75, 3.05) is 57.3 Å². The summed E-state index contributed by atoms with van der Waals surface area (Å²) in [6.07, 6.45) is -2.04. The fraction of sp³-hybridized carbons (Fsp3) is 0.520. The number of halogens is 3. The van der Waals surface area contributed by atoms with Crippen molar-refractivity contribution in [3.63, 3.8) is 0 Å². The summed E-state index contributed by atoms with van der Waals surface area (Å²) >= 11 is 0. The van der Waals surface area contributed by atoms with E-state index >= 15 is 0 Å². The Hall–Kier alpha value is -2.45. The quantitative estimate of drug-likeness (QED) is 0.683. The third-order valence-corrected chi connectivity index (χ3v) is 6.96. The molecule has 0 radical (unpaired) electrons. The smallest absolute Gasteiger partial charge is 0.416 e. The van der Waals surface area contributed by atoms with Gasteiger partial charge in [-0.3, -0.25) is 9.80 Å². The van der Waals surface area contributed by atoms with Gasteiger partial charge in [0.05, 0.1) is 5.56 Å². The van der Waals surface area contributed by atoms with Crippen molar-refractivity contribution in [2.45, 2.75) is 31.2 Å². The molecule has 2 fully saturated rings. The van der Waals surface area contributed by atoms with Crippen LogP contribution in [0.1, 0.15) is 18.4 Å². The molecule has 8 heteroatoms. The molecule has 0 bridgehead atoms. The van der Waals surface area contributed by atoms with E-state index in [9.17, 15) is 13.2 Å². The van der Waals surface area contributed by atoms with Gasteiger partial charge in [-0.15, -0.1) is 0 Å². The van der Waals surface area contributed by atoms with Crippen LogP contribution in [0.4, 0.5) is 18.9 Å². The summed E-state index contributed by atoms with van der Waals surface area (Å²) in [5.74, 6) is 1.64. The molecule has 2 saturated heterocycles. The summed E-state index contributed by atoms with van der Waals surface area (Å²) in [4.78, 5) is 7.04. The van der Waals surface area contributed by atoms with E-state index in [1.807, 2.05) is 24.3 Å². The molecule has 2 aromatic carbocycles. The minimum absolute atomic E-state index is 0.0486. The first-order valence-corrected chi connectivity index (χ1v) is 11.7. The fourth-order valence-corrected chi connectivity index (χ4v) is 5.13. The average Bonchev–Trinajstić information content (AvgIpc) is 2.84. The molecule has 178 valence electrons. The zero-order chi connectivity index (χ0) is 22.8. The van der Waals surface area contributed by atoms with Crippen LogP contribution in [0.25, 0.3) is 0 Å². The van der Waals surface area contributed by atoms with Gasteiger partial charge in [-0.1, -0.05) is 18.2 Å². The van der Waals surface area contributed by atoms with Crippen molar-refractivity contribution >= 4 is 5.69 Å². The Balaban J connectivity index is 1.08. The van der Waals surface area contributed by atoms with Gasteiger partial charge in [-0.2, -0.15) is 13.2 Å². The lowest BCUT2D eigenvalue weighted by molar-refractivity contribution is -0.137. The van der Waals surface area contributed by atoms with Crippen molar-refractivity contribution in [1.82, 2.24) is 9.80 Å². The molecule has 0 saturated carbocycles. The first kappa shape index (κ1) is 22.3. The number of anilines is 1. The van der Waals surface area contributed by atoms with E-state index < -0.39 is 11.7 Å². The second-order valence-corrected chi connectivity index (χ2v) is 9.10. The summed E-state index contributed by atoms with van der Waals surface area (Å²) in [6.45, 7) is 6.79. The number of ether oxygens (including phenoxy) is 2. The third kappa shape index (κ3) is 5.22. The Morgan fingerprint density at radius 2 is 1.58 bits per heavy atom. The van der Waals surface area contributed by atoms with Gasteiger partial charge in [0.1, 0.15) is 12.7 Å². The summed E-state index contributed by atoms with van der Waals surface area (Å²) in [7, 11) is 0. The summed E-state index contributed by atoms with van der Waals surface area (Å²) in [6, 6.07) is 14.0. The maximum absolute atomic E-state index is 13.0. The van der Waals surface area contributed by atoms with Crippen molar-refractivity contribution < 1.29 is 22.6 Å². The van der Waals surface area contributed by atoms with Crippen LogP contribution in [0, 0.1) is 0 Å².